The molecule has 2 heteroatoms. The summed E-state index contributed by atoms with van der Waals surface area (Å²) in [6.45, 7) is 4.14. The van der Waals surface area contributed by atoms with E-state index in [1.54, 1.807) is 0 Å². The monoisotopic (exact) mass is 124 g/mol. The van der Waals surface area contributed by atoms with E-state index in [4.69, 9.17) is 5.73 Å². The maximum Gasteiger partial charge on any atom is 0.0376 e. The molecule has 1 rings (SSSR count). The Kier molecular flexibility index (Phi) is 1.78. The van der Waals surface area contributed by atoms with Crippen LogP contribution in [0.2, 0.25) is 0 Å². The number of nitrogens with two attached hydrogens (primary N) is 1. The largest absolute Gasteiger partial charge is 0.399 e. The van der Waals surface area contributed by atoms with Gasteiger partial charge in [0, 0.05) is 25.0 Å². The minimum absolute atomic E-state index is 0.875. The molecule has 9 heavy (non-hydrogen) atoms. The summed E-state index contributed by atoms with van der Waals surface area (Å²) in [5.74, 6) is 0. The third-order valence-electron chi connectivity index (χ3n) is 1.45. The van der Waals surface area contributed by atoms with Crippen molar-refractivity contribution in [3.63, 3.8) is 0 Å². The molecule has 0 unspecified atom stereocenters. The molecule has 50 valence electrons. The Labute approximate surface area is 55.6 Å². The molecule has 0 saturated carbocycles. The number of likely N-dealkylation sites (N-methyl/N-ethyl adjacent to an activating group) is 1. The first-order valence-electron chi connectivity index (χ1n) is 3.21. The van der Waals surface area contributed by atoms with E-state index in [-0.39, 0.29) is 0 Å². The number of rotatable bonds is 1. The Morgan fingerprint density at radius 2 is 2.56 bits per heavy atom. The van der Waals surface area contributed by atoms with E-state index in [1.807, 2.05) is 18.4 Å². The van der Waals surface area contributed by atoms with Crippen molar-refractivity contribution >= 4 is 0 Å². The van der Waals surface area contributed by atoms with Gasteiger partial charge in [0.25, 0.3) is 0 Å². The lowest BCUT2D eigenvalue weighted by Gasteiger charge is -2.18. The van der Waals surface area contributed by atoms with Gasteiger partial charge in [0.05, 0.1) is 0 Å². The van der Waals surface area contributed by atoms with E-state index in [0.29, 0.717) is 0 Å². The smallest absolute Gasteiger partial charge is 0.0376 e. The summed E-state index contributed by atoms with van der Waals surface area (Å²) in [5.41, 5.74) is 6.37. The van der Waals surface area contributed by atoms with Crippen molar-refractivity contribution in [2.24, 2.45) is 5.73 Å². The highest BCUT2D eigenvalue weighted by molar-refractivity contribution is 5.18. The zero-order chi connectivity index (χ0) is 6.69. The molecule has 0 saturated heterocycles. The van der Waals surface area contributed by atoms with Gasteiger partial charge in [-0.1, -0.05) is 0 Å². The van der Waals surface area contributed by atoms with Gasteiger partial charge in [0.1, 0.15) is 0 Å². The third kappa shape index (κ3) is 1.49. The van der Waals surface area contributed by atoms with Crippen LogP contribution >= 0.6 is 0 Å². The van der Waals surface area contributed by atoms with Crippen molar-refractivity contribution in [1.82, 2.24) is 4.90 Å². The fraction of sp³-hybridized carbons (Fsp3) is 0.429. The molecule has 0 spiro atoms. The van der Waals surface area contributed by atoms with E-state index in [0.717, 1.165) is 18.8 Å². The fourth-order valence-corrected chi connectivity index (χ4v) is 0.778. The predicted molar refractivity (Wildman–Crippen MR) is 38.7 cm³/mol. The highest BCUT2D eigenvalue weighted by atomic mass is 15.1. The van der Waals surface area contributed by atoms with Crippen molar-refractivity contribution in [3.8, 4) is 0 Å². The SMILES string of the molecule is CCN1C=CC(N)=CC1. The standard InChI is InChI=1S/C7H12N2/c1-2-9-5-3-7(8)4-6-9/h3-5H,2,6,8H2,1H3. The summed E-state index contributed by atoms with van der Waals surface area (Å²) in [4.78, 5) is 2.19. The number of hydrogen-bond acceptors (Lipinski definition) is 2. The minimum Gasteiger partial charge on any atom is -0.399 e. The number of hydrogen-bond donors (Lipinski definition) is 1. The molecule has 2 N–H and O–H groups in total. The molecular weight excluding hydrogens is 112 g/mol. The minimum atomic E-state index is 0.875. The maximum atomic E-state index is 5.50. The van der Waals surface area contributed by atoms with E-state index < -0.39 is 0 Å². The average molecular weight is 124 g/mol. The Bertz CT molecular complexity index is 147. The molecule has 0 bridgehead atoms. The van der Waals surface area contributed by atoms with Crippen LogP contribution in [0.5, 0.6) is 0 Å². The molecule has 0 fully saturated rings. The van der Waals surface area contributed by atoms with Gasteiger partial charge in [-0.05, 0) is 19.1 Å². The first-order valence-corrected chi connectivity index (χ1v) is 3.21. The summed E-state index contributed by atoms with van der Waals surface area (Å²) in [6.07, 6.45) is 5.96. The zero-order valence-electron chi connectivity index (χ0n) is 5.67. The van der Waals surface area contributed by atoms with Gasteiger partial charge in [0.2, 0.25) is 0 Å². The van der Waals surface area contributed by atoms with E-state index >= 15 is 0 Å². The zero-order valence-corrected chi connectivity index (χ0v) is 5.67. The molecule has 0 atom stereocenters. The van der Waals surface area contributed by atoms with Gasteiger partial charge >= 0.3 is 0 Å². The number of nitrogens with zero attached hydrogens (tertiary/aromatic N) is 1. The number of allylic oxidation sites excluding steroid dienone is 1. The molecular formula is C7H12N2. The highest BCUT2D eigenvalue weighted by Gasteiger charge is 1.97. The molecule has 1 aliphatic rings. The Balaban J connectivity index is 2.48. The average Bonchev–Trinajstić information content (AvgIpc) is 1.90. The van der Waals surface area contributed by atoms with Gasteiger partial charge in [-0.25, -0.2) is 0 Å². The Morgan fingerprint density at radius 3 is 3.00 bits per heavy atom. The normalized spacial score (nSPS) is 17.9. The highest BCUT2D eigenvalue weighted by Crippen LogP contribution is 2.00. The molecule has 0 aromatic heterocycles. The molecule has 0 aromatic carbocycles. The fourth-order valence-electron chi connectivity index (χ4n) is 0.778. The second-order valence-electron chi connectivity index (χ2n) is 2.11. The van der Waals surface area contributed by atoms with Crippen LogP contribution in [0, 0.1) is 0 Å². The van der Waals surface area contributed by atoms with Crippen molar-refractivity contribution in [2.45, 2.75) is 6.92 Å². The summed E-state index contributed by atoms with van der Waals surface area (Å²) in [5, 5.41) is 0. The summed E-state index contributed by atoms with van der Waals surface area (Å²) in [6, 6.07) is 0. The maximum absolute atomic E-state index is 5.50. The molecule has 0 amide bonds. The second-order valence-corrected chi connectivity index (χ2v) is 2.11. The van der Waals surface area contributed by atoms with Crippen molar-refractivity contribution in [1.29, 1.82) is 0 Å². The molecule has 0 aromatic rings. The van der Waals surface area contributed by atoms with Crippen LogP contribution in [0.25, 0.3) is 0 Å². The molecule has 0 radical (unpaired) electrons. The lowest BCUT2D eigenvalue weighted by atomic mass is 10.3. The van der Waals surface area contributed by atoms with Gasteiger partial charge in [0.15, 0.2) is 0 Å². The van der Waals surface area contributed by atoms with Gasteiger partial charge < -0.3 is 10.6 Å². The van der Waals surface area contributed by atoms with Gasteiger partial charge in [-0.2, -0.15) is 0 Å². The van der Waals surface area contributed by atoms with Crippen molar-refractivity contribution < 1.29 is 0 Å². The summed E-state index contributed by atoms with van der Waals surface area (Å²) in [7, 11) is 0. The molecule has 1 heterocycles. The van der Waals surface area contributed by atoms with Crippen LogP contribution < -0.4 is 5.73 Å². The predicted octanol–water partition coefficient (Wildman–Crippen LogP) is 0.678. The van der Waals surface area contributed by atoms with Crippen LogP contribution in [-0.4, -0.2) is 18.0 Å². The van der Waals surface area contributed by atoms with Crippen LogP contribution in [0.3, 0.4) is 0 Å². The third-order valence-corrected chi connectivity index (χ3v) is 1.45. The second kappa shape index (κ2) is 2.58. The Morgan fingerprint density at radius 1 is 1.78 bits per heavy atom. The van der Waals surface area contributed by atoms with Gasteiger partial charge in [-0.3, -0.25) is 0 Å². The quantitative estimate of drug-likeness (QED) is 0.557. The van der Waals surface area contributed by atoms with Gasteiger partial charge in [-0.15, -0.1) is 0 Å². The first-order chi connectivity index (χ1) is 4.33. The van der Waals surface area contributed by atoms with E-state index in [1.165, 1.54) is 0 Å². The topological polar surface area (TPSA) is 29.3 Å². The van der Waals surface area contributed by atoms with Crippen molar-refractivity contribution in [3.05, 3.63) is 24.0 Å². The van der Waals surface area contributed by atoms with Crippen LogP contribution in [0.1, 0.15) is 6.92 Å². The molecule has 2 nitrogen and oxygen atoms in total. The Hall–Kier alpha value is -0.920. The van der Waals surface area contributed by atoms with Crippen LogP contribution in [0.15, 0.2) is 24.0 Å². The van der Waals surface area contributed by atoms with Crippen LogP contribution in [0.4, 0.5) is 0 Å². The molecule has 0 aliphatic carbocycles. The van der Waals surface area contributed by atoms with E-state index in [2.05, 4.69) is 11.8 Å². The first kappa shape index (κ1) is 6.20. The lowest BCUT2D eigenvalue weighted by molar-refractivity contribution is 0.433. The van der Waals surface area contributed by atoms with Crippen LogP contribution in [-0.2, 0) is 0 Å². The summed E-state index contributed by atoms with van der Waals surface area (Å²) < 4.78 is 0. The lowest BCUT2D eigenvalue weighted by Crippen LogP contribution is -2.20. The molecule has 1 aliphatic heterocycles. The van der Waals surface area contributed by atoms with E-state index in [9.17, 15) is 0 Å². The van der Waals surface area contributed by atoms with Crippen molar-refractivity contribution in [2.75, 3.05) is 13.1 Å². The summed E-state index contributed by atoms with van der Waals surface area (Å²) >= 11 is 0.